The second-order valence-corrected chi connectivity index (χ2v) is 8.40. The standard InChI is InChI=1S/C16H20N2O4S/c19-23(20,11-15-14-3-1-2-4-16(14)22-17-15)18-8-7-13(9-18)21-10-12-5-6-12/h1-4,12-13H,5-11H2. The number of para-hydroxylation sites is 1. The lowest BCUT2D eigenvalue weighted by atomic mass is 10.2. The van der Waals surface area contributed by atoms with Gasteiger partial charge >= 0.3 is 0 Å². The predicted octanol–water partition coefficient (Wildman–Crippen LogP) is 2.16. The highest BCUT2D eigenvalue weighted by Gasteiger charge is 2.34. The number of nitrogens with zero attached hydrogens (tertiary/aromatic N) is 2. The Morgan fingerprint density at radius 1 is 1.26 bits per heavy atom. The topological polar surface area (TPSA) is 72.6 Å². The zero-order valence-corrected chi connectivity index (χ0v) is 13.7. The number of hydrogen-bond donors (Lipinski definition) is 0. The zero-order valence-electron chi connectivity index (χ0n) is 12.8. The predicted molar refractivity (Wildman–Crippen MR) is 85.3 cm³/mol. The zero-order chi connectivity index (χ0) is 15.9. The molecule has 0 radical (unpaired) electrons. The largest absolute Gasteiger partial charge is 0.377 e. The molecular weight excluding hydrogens is 316 g/mol. The maximum atomic E-state index is 12.6. The van der Waals surface area contributed by atoms with Gasteiger partial charge in [-0.2, -0.15) is 4.31 Å². The first-order chi connectivity index (χ1) is 11.1. The minimum atomic E-state index is -3.40. The Morgan fingerprint density at radius 3 is 2.91 bits per heavy atom. The lowest BCUT2D eigenvalue weighted by Crippen LogP contribution is -2.31. The third kappa shape index (κ3) is 3.27. The minimum absolute atomic E-state index is 0.0272. The van der Waals surface area contributed by atoms with Crippen molar-refractivity contribution in [2.75, 3.05) is 19.7 Å². The van der Waals surface area contributed by atoms with Crippen LogP contribution in [0.5, 0.6) is 0 Å². The Kier molecular flexibility index (Phi) is 3.87. The molecule has 2 fully saturated rings. The van der Waals surface area contributed by atoms with E-state index in [2.05, 4.69) is 5.16 Å². The molecule has 1 aliphatic heterocycles. The SMILES string of the molecule is O=S(=O)(Cc1noc2ccccc12)N1CCC(OCC2CC2)C1. The molecule has 0 spiro atoms. The van der Waals surface area contributed by atoms with Gasteiger partial charge in [0.25, 0.3) is 0 Å². The van der Waals surface area contributed by atoms with Crippen LogP contribution in [0.4, 0.5) is 0 Å². The Bertz CT molecular complexity index is 797. The molecule has 2 aliphatic rings. The second kappa shape index (κ2) is 5.89. The summed E-state index contributed by atoms with van der Waals surface area (Å²) < 4.78 is 37.8. The summed E-state index contributed by atoms with van der Waals surface area (Å²) in [5.41, 5.74) is 1.09. The molecule has 0 bridgehead atoms. The van der Waals surface area contributed by atoms with Gasteiger partial charge in [0.1, 0.15) is 11.4 Å². The maximum Gasteiger partial charge on any atom is 0.220 e. The van der Waals surface area contributed by atoms with Crippen molar-refractivity contribution in [2.45, 2.75) is 31.1 Å². The van der Waals surface area contributed by atoms with Crippen LogP contribution in [-0.4, -0.2) is 43.7 Å². The van der Waals surface area contributed by atoms with Gasteiger partial charge in [-0.1, -0.05) is 17.3 Å². The molecule has 2 aromatic rings. The molecule has 124 valence electrons. The smallest absolute Gasteiger partial charge is 0.220 e. The number of fused-ring (bicyclic) bond motifs is 1. The summed E-state index contributed by atoms with van der Waals surface area (Å²) in [6, 6.07) is 7.32. The Labute approximate surface area is 135 Å². The van der Waals surface area contributed by atoms with Gasteiger partial charge in [-0.25, -0.2) is 8.42 Å². The fraction of sp³-hybridized carbons (Fsp3) is 0.562. The normalized spacial score (nSPS) is 22.9. The summed E-state index contributed by atoms with van der Waals surface area (Å²) in [5.74, 6) is 0.571. The van der Waals surface area contributed by atoms with Gasteiger partial charge in [0.05, 0.1) is 6.10 Å². The molecule has 0 N–H and O–H groups in total. The summed E-state index contributed by atoms with van der Waals surface area (Å²) >= 11 is 0. The van der Waals surface area contributed by atoms with Crippen LogP contribution in [0.2, 0.25) is 0 Å². The van der Waals surface area contributed by atoms with E-state index in [4.69, 9.17) is 9.26 Å². The molecule has 1 aromatic heterocycles. The van der Waals surface area contributed by atoms with E-state index >= 15 is 0 Å². The van der Waals surface area contributed by atoms with Crippen molar-refractivity contribution >= 4 is 21.0 Å². The quantitative estimate of drug-likeness (QED) is 0.808. The molecule has 1 unspecified atom stereocenters. The fourth-order valence-electron chi connectivity index (χ4n) is 2.95. The van der Waals surface area contributed by atoms with Crippen LogP contribution in [0, 0.1) is 5.92 Å². The van der Waals surface area contributed by atoms with Gasteiger partial charge in [0, 0.05) is 25.1 Å². The highest BCUT2D eigenvalue weighted by atomic mass is 32.2. The van der Waals surface area contributed by atoms with Crippen LogP contribution in [-0.2, 0) is 20.5 Å². The van der Waals surface area contributed by atoms with Crippen molar-refractivity contribution in [3.05, 3.63) is 30.0 Å². The first-order valence-electron chi connectivity index (χ1n) is 8.04. The molecule has 7 heteroatoms. The van der Waals surface area contributed by atoms with Crippen molar-refractivity contribution in [3.63, 3.8) is 0 Å². The van der Waals surface area contributed by atoms with E-state index in [9.17, 15) is 8.42 Å². The number of sulfonamides is 1. The van der Waals surface area contributed by atoms with Crippen molar-refractivity contribution in [2.24, 2.45) is 5.92 Å². The van der Waals surface area contributed by atoms with E-state index in [1.807, 2.05) is 18.2 Å². The molecule has 1 atom stereocenters. The highest BCUT2D eigenvalue weighted by Crippen LogP contribution is 2.30. The van der Waals surface area contributed by atoms with Crippen molar-refractivity contribution < 1.29 is 17.7 Å². The number of rotatable bonds is 6. The monoisotopic (exact) mass is 336 g/mol. The number of aromatic nitrogens is 1. The summed E-state index contributed by atoms with van der Waals surface area (Å²) in [7, 11) is -3.40. The van der Waals surface area contributed by atoms with E-state index in [0.29, 0.717) is 30.3 Å². The van der Waals surface area contributed by atoms with Gasteiger partial charge in [0.15, 0.2) is 5.58 Å². The van der Waals surface area contributed by atoms with Crippen LogP contribution in [0.25, 0.3) is 11.0 Å². The lowest BCUT2D eigenvalue weighted by Gasteiger charge is -2.16. The summed E-state index contributed by atoms with van der Waals surface area (Å²) in [4.78, 5) is 0. The average Bonchev–Trinajstić information content (AvgIpc) is 3.09. The van der Waals surface area contributed by atoms with Crippen LogP contribution in [0.3, 0.4) is 0 Å². The van der Waals surface area contributed by atoms with Gasteiger partial charge in [-0.15, -0.1) is 0 Å². The van der Waals surface area contributed by atoms with Crippen LogP contribution in [0.15, 0.2) is 28.8 Å². The first-order valence-corrected chi connectivity index (χ1v) is 9.65. The van der Waals surface area contributed by atoms with Gasteiger partial charge < -0.3 is 9.26 Å². The minimum Gasteiger partial charge on any atom is -0.377 e. The van der Waals surface area contributed by atoms with E-state index in [1.54, 1.807) is 6.07 Å². The lowest BCUT2D eigenvalue weighted by molar-refractivity contribution is 0.0561. The summed E-state index contributed by atoms with van der Waals surface area (Å²) in [6.07, 6.45) is 3.28. The van der Waals surface area contributed by atoms with Gasteiger partial charge in [-0.05, 0) is 37.3 Å². The van der Waals surface area contributed by atoms with E-state index in [1.165, 1.54) is 17.1 Å². The van der Waals surface area contributed by atoms with Crippen LogP contribution in [0.1, 0.15) is 25.0 Å². The summed E-state index contributed by atoms with van der Waals surface area (Å²) in [5, 5.41) is 4.69. The molecule has 0 amide bonds. The molecule has 23 heavy (non-hydrogen) atoms. The molecule has 1 saturated heterocycles. The molecule has 4 rings (SSSR count). The van der Waals surface area contributed by atoms with Crippen LogP contribution >= 0.6 is 0 Å². The molecule has 1 saturated carbocycles. The third-order valence-electron chi connectivity index (χ3n) is 4.54. The van der Waals surface area contributed by atoms with Crippen molar-refractivity contribution in [1.82, 2.24) is 9.46 Å². The molecule has 1 aliphatic carbocycles. The number of hydrogen-bond acceptors (Lipinski definition) is 5. The summed E-state index contributed by atoms with van der Waals surface area (Å²) in [6.45, 7) is 1.74. The fourth-order valence-corrected chi connectivity index (χ4v) is 4.46. The second-order valence-electron chi connectivity index (χ2n) is 6.43. The molecule has 2 heterocycles. The van der Waals surface area contributed by atoms with E-state index in [0.717, 1.165) is 18.4 Å². The number of benzene rings is 1. The Morgan fingerprint density at radius 2 is 2.09 bits per heavy atom. The van der Waals surface area contributed by atoms with E-state index in [-0.39, 0.29) is 11.9 Å². The Balaban J connectivity index is 1.43. The van der Waals surface area contributed by atoms with Crippen molar-refractivity contribution in [3.8, 4) is 0 Å². The first kappa shape index (κ1) is 15.1. The van der Waals surface area contributed by atoms with Gasteiger partial charge in [-0.3, -0.25) is 0 Å². The van der Waals surface area contributed by atoms with Crippen molar-refractivity contribution in [1.29, 1.82) is 0 Å². The molecular formula is C16H20N2O4S. The maximum absolute atomic E-state index is 12.6. The molecule has 6 nitrogen and oxygen atoms in total. The highest BCUT2D eigenvalue weighted by molar-refractivity contribution is 7.88. The third-order valence-corrected chi connectivity index (χ3v) is 6.29. The number of ether oxygens (including phenoxy) is 1. The van der Waals surface area contributed by atoms with Gasteiger partial charge in [0.2, 0.25) is 10.0 Å². The average molecular weight is 336 g/mol. The van der Waals surface area contributed by atoms with Crippen LogP contribution < -0.4 is 0 Å². The van der Waals surface area contributed by atoms with E-state index < -0.39 is 10.0 Å². The Hall–Kier alpha value is -1.44. The molecule has 1 aromatic carbocycles.